The summed E-state index contributed by atoms with van der Waals surface area (Å²) in [6, 6.07) is 4.12. The molecule has 0 atom stereocenters. The number of amides is 1. The van der Waals surface area contributed by atoms with Crippen LogP contribution in [0.4, 0.5) is 23.1 Å². The Morgan fingerprint density at radius 1 is 1.16 bits per heavy atom. The first-order valence-corrected chi connectivity index (χ1v) is 13.2. The number of carbonyl (C=O) groups excluding carboxylic acids is 1. The van der Waals surface area contributed by atoms with E-state index >= 15 is 0 Å². The number of anilines is 4. The Hall–Kier alpha value is -2.88. The molecule has 31 heavy (non-hydrogen) atoms. The minimum absolute atomic E-state index is 0.0776. The molecule has 0 saturated carbocycles. The summed E-state index contributed by atoms with van der Waals surface area (Å²) < 4.78 is 4.82. The van der Waals surface area contributed by atoms with Gasteiger partial charge >= 0.3 is 0 Å². The molecule has 1 aromatic carbocycles. The average Bonchev–Trinajstić information content (AvgIpc) is 3.18. The standard InChI is InChI=1S/C21H27N7O2S/c1-13-9-16-17(26-30-25-16)10-15(13)23-21-22-11-18-20(24-21)28(12-19(29)27(18)2)14-5-7-31(3,4)8-6-14/h9-11,14H,5-8,12H2,1-4H3,(H,22,23,24). The number of hydrogen-bond acceptors (Lipinski definition) is 8. The molecule has 0 spiro atoms. The molecule has 9 nitrogen and oxygen atoms in total. The number of hydrogen-bond donors (Lipinski definition) is 1. The number of benzene rings is 1. The topological polar surface area (TPSA) is 100 Å². The Labute approximate surface area is 182 Å². The number of nitrogens with one attached hydrogen (secondary N) is 1. The quantitative estimate of drug-likeness (QED) is 0.662. The van der Waals surface area contributed by atoms with Gasteiger partial charge in [-0.25, -0.2) is 19.6 Å². The summed E-state index contributed by atoms with van der Waals surface area (Å²) in [5, 5.41) is 11.1. The Morgan fingerprint density at radius 3 is 2.61 bits per heavy atom. The van der Waals surface area contributed by atoms with Gasteiger partial charge in [0.05, 0.1) is 12.7 Å². The van der Waals surface area contributed by atoms with E-state index in [4.69, 9.17) is 9.61 Å². The highest BCUT2D eigenvalue weighted by atomic mass is 32.3. The Balaban J connectivity index is 1.48. The molecule has 1 saturated heterocycles. The third-order valence-electron chi connectivity index (χ3n) is 6.36. The molecule has 3 aromatic rings. The first-order valence-electron chi connectivity index (χ1n) is 10.4. The Kier molecular flexibility index (Phi) is 4.76. The minimum atomic E-state index is -0.509. The molecular weight excluding hydrogens is 414 g/mol. The van der Waals surface area contributed by atoms with E-state index in [0.717, 1.165) is 35.6 Å². The van der Waals surface area contributed by atoms with Crippen molar-refractivity contribution in [3.8, 4) is 0 Å². The van der Waals surface area contributed by atoms with Crippen molar-refractivity contribution in [1.29, 1.82) is 0 Å². The van der Waals surface area contributed by atoms with Crippen molar-refractivity contribution in [1.82, 2.24) is 20.3 Å². The summed E-state index contributed by atoms with van der Waals surface area (Å²) in [6.07, 6.45) is 8.74. The van der Waals surface area contributed by atoms with Gasteiger partial charge in [0.25, 0.3) is 0 Å². The number of likely N-dealkylation sites (N-methyl/N-ethyl adjacent to an activating group) is 1. The van der Waals surface area contributed by atoms with E-state index in [0.29, 0.717) is 29.6 Å². The monoisotopic (exact) mass is 441 g/mol. The van der Waals surface area contributed by atoms with Crippen molar-refractivity contribution in [2.45, 2.75) is 25.8 Å². The number of aryl methyl sites for hydroxylation is 1. The molecule has 2 aliphatic heterocycles. The van der Waals surface area contributed by atoms with Gasteiger partial charge in [0, 0.05) is 18.8 Å². The number of rotatable bonds is 3. The van der Waals surface area contributed by atoms with Gasteiger partial charge in [-0.2, -0.15) is 4.98 Å². The van der Waals surface area contributed by atoms with Crippen molar-refractivity contribution in [3.05, 3.63) is 23.9 Å². The molecule has 1 N–H and O–H groups in total. The number of aromatic nitrogens is 4. The second-order valence-corrected chi connectivity index (χ2v) is 13.3. The third kappa shape index (κ3) is 3.69. The van der Waals surface area contributed by atoms with Gasteiger partial charge in [0.15, 0.2) is 5.82 Å². The number of carbonyl (C=O) groups is 1. The Morgan fingerprint density at radius 2 is 1.87 bits per heavy atom. The van der Waals surface area contributed by atoms with Crippen molar-refractivity contribution >= 4 is 50.1 Å². The first-order chi connectivity index (χ1) is 14.8. The average molecular weight is 442 g/mol. The summed E-state index contributed by atoms with van der Waals surface area (Å²) >= 11 is 0. The van der Waals surface area contributed by atoms with Gasteiger partial charge < -0.3 is 15.1 Å². The fraction of sp³-hybridized carbons (Fsp3) is 0.476. The van der Waals surface area contributed by atoms with E-state index in [1.165, 1.54) is 11.5 Å². The molecule has 0 aliphatic carbocycles. The molecular formula is C21H27N7O2S. The lowest BCUT2D eigenvalue weighted by Gasteiger charge is -2.45. The van der Waals surface area contributed by atoms with Crippen molar-refractivity contribution in [3.63, 3.8) is 0 Å². The molecule has 10 heteroatoms. The van der Waals surface area contributed by atoms with Gasteiger partial charge in [-0.05, 0) is 71.8 Å². The van der Waals surface area contributed by atoms with E-state index in [1.54, 1.807) is 18.1 Å². The van der Waals surface area contributed by atoms with Crippen LogP contribution in [0.5, 0.6) is 0 Å². The third-order valence-corrected chi connectivity index (χ3v) is 9.04. The van der Waals surface area contributed by atoms with Gasteiger partial charge in [-0.15, -0.1) is 0 Å². The van der Waals surface area contributed by atoms with Crippen LogP contribution in [0, 0.1) is 6.92 Å². The van der Waals surface area contributed by atoms with E-state index < -0.39 is 10.0 Å². The van der Waals surface area contributed by atoms with Crippen molar-refractivity contribution in [2.75, 3.05) is 52.7 Å². The maximum absolute atomic E-state index is 12.7. The summed E-state index contributed by atoms with van der Waals surface area (Å²) in [6.45, 7) is 2.34. The highest BCUT2D eigenvalue weighted by Gasteiger charge is 2.35. The minimum Gasteiger partial charge on any atom is -0.342 e. The maximum Gasteiger partial charge on any atom is 0.246 e. The van der Waals surface area contributed by atoms with Crippen LogP contribution in [-0.2, 0) is 4.79 Å². The van der Waals surface area contributed by atoms with Gasteiger partial charge in [0.1, 0.15) is 16.7 Å². The SMILES string of the molecule is Cc1cc2nonc2cc1Nc1ncc2c(n1)N(C1CCS(C)(C)CC1)CC(=O)N2C. The summed E-state index contributed by atoms with van der Waals surface area (Å²) in [5.41, 5.74) is 3.98. The second-order valence-electron chi connectivity index (χ2n) is 8.93. The van der Waals surface area contributed by atoms with Crippen LogP contribution in [0.1, 0.15) is 18.4 Å². The molecule has 0 bridgehead atoms. The van der Waals surface area contributed by atoms with Crippen LogP contribution in [0.25, 0.3) is 11.0 Å². The van der Waals surface area contributed by atoms with Crippen LogP contribution in [0.2, 0.25) is 0 Å². The molecule has 2 aliphatic rings. The zero-order valence-electron chi connectivity index (χ0n) is 18.3. The molecule has 4 heterocycles. The highest BCUT2D eigenvalue weighted by molar-refractivity contribution is 8.32. The fourth-order valence-corrected chi connectivity index (χ4v) is 6.32. The molecule has 0 unspecified atom stereocenters. The van der Waals surface area contributed by atoms with Gasteiger partial charge in [-0.3, -0.25) is 4.79 Å². The largest absolute Gasteiger partial charge is 0.342 e. The lowest BCUT2D eigenvalue weighted by Crippen LogP contribution is -2.50. The van der Waals surface area contributed by atoms with E-state index in [2.05, 4.69) is 38.0 Å². The lowest BCUT2D eigenvalue weighted by atomic mass is 10.1. The van der Waals surface area contributed by atoms with E-state index in [-0.39, 0.29) is 5.91 Å². The van der Waals surface area contributed by atoms with Crippen molar-refractivity contribution in [2.24, 2.45) is 0 Å². The van der Waals surface area contributed by atoms with Crippen LogP contribution in [-0.4, -0.2) is 69.8 Å². The van der Waals surface area contributed by atoms with Crippen LogP contribution < -0.4 is 15.1 Å². The van der Waals surface area contributed by atoms with Crippen LogP contribution in [0.3, 0.4) is 0 Å². The normalized spacial score (nSPS) is 20.1. The maximum atomic E-state index is 12.7. The highest BCUT2D eigenvalue weighted by Crippen LogP contribution is 2.47. The number of fused-ring (bicyclic) bond motifs is 2. The molecule has 2 aromatic heterocycles. The molecule has 1 fully saturated rings. The molecule has 164 valence electrons. The van der Waals surface area contributed by atoms with Gasteiger partial charge in [0.2, 0.25) is 11.9 Å². The first kappa shape index (κ1) is 20.0. The zero-order valence-corrected chi connectivity index (χ0v) is 19.1. The fourth-order valence-electron chi connectivity index (χ4n) is 4.30. The van der Waals surface area contributed by atoms with E-state index in [9.17, 15) is 4.79 Å². The van der Waals surface area contributed by atoms with Crippen LogP contribution in [0.15, 0.2) is 23.0 Å². The molecule has 0 radical (unpaired) electrons. The molecule has 5 rings (SSSR count). The summed E-state index contributed by atoms with van der Waals surface area (Å²) in [7, 11) is 1.28. The zero-order chi connectivity index (χ0) is 21.8. The van der Waals surface area contributed by atoms with E-state index in [1.807, 2.05) is 19.1 Å². The van der Waals surface area contributed by atoms with Gasteiger partial charge in [-0.1, -0.05) is 0 Å². The summed E-state index contributed by atoms with van der Waals surface area (Å²) in [4.78, 5) is 25.8. The predicted molar refractivity (Wildman–Crippen MR) is 125 cm³/mol. The lowest BCUT2D eigenvalue weighted by molar-refractivity contribution is -0.117. The number of nitrogens with zero attached hydrogens (tertiary/aromatic N) is 6. The van der Waals surface area contributed by atoms with Crippen molar-refractivity contribution < 1.29 is 9.42 Å². The molecule has 1 amide bonds. The van der Waals surface area contributed by atoms with Crippen LogP contribution >= 0.6 is 10.0 Å². The smallest absolute Gasteiger partial charge is 0.246 e. The summed E-state index contributed by atoms with van der Waals surface area (Å²) in [5.74, 6) is 3.85. The Bertz CT molecular complexity index is 1150. The predicted octanol–water partition coefficient (Wildman–Crippen LogP) is 3.07. The second kappa shape index (κ2) is 7.37.